The van der Waals surface area contributed by atoms with Crippen molar-refractivity contribution in [3.63, 3.8) is 0 Å². The highest BCUT2D eigenvalue weighted by molar-refractivity contribution is 5.22. The minimum Gasteiger partial charge on any atom is -0.393 e. The van der Waals surface area contributed by atoms with Gasteiger partial charge in [0.05, 0.1) is 6.10 Å². The molecule has 2 atom stereocenters. The standard InChI is InChI=1S/C14H22O/c1-4-11(2)9-14(15)10-13-7-5-6-12(3)8-13/h5-8,11,14-15H,4,9-10H2,1-3H3. The van der Waals surface area contributed by atoms with Crippen molar-refractivity contribution >= 4 is 0 Å². The Morgan fingerprint density at radius 3 is 2.67 bits per heavy atom. The number of aryl methyl sites for hydroxylation is 1. The topological polar surface area (TPSA) is 20.2 Å². The Hall–Kier alpha value is -0.820. The fourth-order valence-corrected chi connectivity index (χ4v) is 1.83. The second-order valence-corrected chi connectivity index (χ2v) is 4.60. The van der Waals surface area contributed by atoms with Crippen molar-refractivity contribution in [3.8, 4) is 0 Å². The first kappa shape index (κ1) is 12.3. The molecule has 0 spiro atoms. The SMILES string of the molecule is CCC(C)CC(O)Cc1cccc(C)c1. The highest BCUT2D eigenvalue weighted by atomic mass is 16.3. The van der Waals surface area contributed by atoms with Gasteiger partial charge in [-0.15, -0.1) is 0 Å². The van der Waals surface area contributed by atoms with Gasteiger partial charge in [0.1, 0.15) is 0 Å². The van der Waals surface area contributed by atoms with Gasteiger partial charge >= 0.3 is 0 Å². The average molecular weight is 206 g/mol. The second kappa shape index (κ2) is 5.92. The van der Waals surface area contributed by atoms with Crippen LogP contribution in [0, 0.1) is 12.8 Å². The minimum absolute atomic E-state index is 0.193. The van der Waals surface area contributed by atoms with E-state index in [0.717, 1.165) is 19.3 Å². The van der Waals surface area contributed by atoms with E-state index in [1.807, 2.05) is 0 Å². The molecule has 2 unspecified atom stereocenters. The molecule has 1 nitrogen and oxygen atoms in total. The normalized spacial score (nSPS) is 14.9. The van der Waals surface area contributed by atoms with Crippen LogP contribution in [-0.4, -0.2) is 11.2 Å². The van der Waals surface area contributed by atoms with Crippen molar-refractivity contribution in [1.82, 2.24) is 0 Å². The van der Waals surface area contributed by atoms with E-state index in [1.54, 1.807) is 0 Å². The first-order valence-electron chi connectivity index (χ1n) is 5.85. The predicted octanol–water partition coefficient (Wildman–Crippen LogP) is 3.33. The van der Waals surface area contributed by atoms with Crippen molar-refractivity contribution in [2.75, 3.05) is 0 Å². The van der Waals surface area contributed by atoms with Gasteiger partial charge in [0.25, 0.3) is 0 Å². The molecule has 0 bridgehead atoms. The number of hydrogen-bond acceptors (Lipinski definition) is 1. The van der Waals surface area contributed by atoms with E-state index in [9.17, 15) is 5.11 Å². The Kier molecular flexibility index (Phi) is 4.83. The van der Waals surface area contributed by atoms with Gasteiger partial charge in [0, 0.05) is 0 Å². The van der Waals surface area contributed by atoms with Crippen LogP contribution < -0.4 is 0 Å². The molecular formula is C14H22O. The number of benzene rings is 1. The second-order valence-electron chi connectivity index (χ2n) is 4.60. The Balaban J connectivity index is 2.47. The highest BCUT2D eigenvalue weighted by Crippen LogP contribution is 2.14. The quantitative estimate of drug-likeness (QED) is 0.783. The first-order valence-corrected chi connectivity index (χ1v) is 5.85. The molecule has 0 amide bonds. The lowest BCUT2D eigenvalue weighted by molar-refractivity contribution is 0.144. The fraction of sp³-hybridized carbons (Fsp3) is 0.571. The molecule has 1 N–H and O–H groups in total. The molecule has 0 aliphatic carbocycles. The predicted molar refractivity (Wildman–Crippen MR) is 65.0 cm³/mol. The Morgan fingerprint density at radius 2 is 2.07 bits per heavy atom. The van der Waals surface area contributed by atoms with Crippen LogP contribution in [0.2, 0.25) is 0 Å². The summed E-state index contributed by atoms with van der Waals surface area (Å²) in [6.45, 7) is 6.45. The summed E-state index contributed by atoms with van der Waals surface area (Å²) < 4.78 is 0. The molecule has 0 saturated heterocycles. The van der Waals surface area contributed by atoms with Crippen molar-refractivity contribution in [2.45, 2.75) is 46.1 Å². The molecule has 0 aromatic heterocycles. The van der Waals surface area contributed by atoms with Crippen LogP contribution in [0.4, 0.5) is 0 Å². The largest absolute Gasteiger partial charge is 0.393 e. The van der Waals surface area contributed by atoms with Crippen LogP contribution in [0.5, 0.6) is 0 Å². The van der Waals surface area contributed by atoms with Gasteiger partial charge in [-0.25, -0.2) is 0 Å². The summed E-state index contributed by atoms with van der Waals surface area (Å²) in [5.41, 5.74) is 2.51. The lowest BCUT2D eigenvalue weighted by Crippen LogP contribution is -2.14. The molecule has 1 aromatic carbocycles. The summed E-state index contributed by atoms with van der Waals surface area (Å²) >= 11 is 0. The Morgan fingerprint density at radius 1 is 1.33 bits per heavy atom. The minimum atomic E-state index is -0.193. The maximum absolute atomic E-state index is 9.90. The van der Waals surface area contributed by atoms with Crippen LogP contribution >= 0.6 is 0 Å². The van der Waals surface area contributed by atoms with Crippen molar-refractivity contribution in [1.29, 1.82) is 0 Å². The molecule has 1 heteroatoms. The van der Waals surface area contributed by atoms with Gasteiger partial charge < -0.3 is 5.11 Å². The van der Waals surface area contributed by atoms with Gasteiger partial charge in [-0.05, 0) is 31.2 Å². The fourth-order valence-electron chi connectivity index (χ4n) is 1.83. The van der Waals surface area contributed by atoms with Gasteiger partial charge in [-0.2, -0.15) is 0 Å². The summed E-state index contributed by atoms with van der Waals surface area (Å²) in [6, 6.07) is 8.39. The molecular weight excluding hydrogens is 184 g/mol. The summed E-state index contributed by atoms with van der Waals surface area (Å²) in [7, 11) is 0. The zero-order chi connectivity index (χ0) is 11.3. The van der Waals surface area contributed by atoms with E-state index in [4.69, 9.17) is 0 Å². The van der Waals surface area contributed by atoms with E-state index in [0.29, 0.717) is 5.92 Å². The number of hydrogen-bond donors (Lipinski definition) is 1. The van der Waals surface area contributed by atoms with Gasteiger partial charge in [-0.3, -0.25) is 0 Å². The molecule has 0 aliphatic rings. The van der Waals surface area contributed by atoms with Crippen LogP contribution in [0.1, 0.15) is 37.8 Å². The van der Waals surface area contributed by atoms with Crippen LogP contribution in [0.25, 0.3) is 0 Å². The Labute approximate surface area is 93.1 Å². The number of aliphatic hydroxyl groups is 1. The molecule has 1 aromatic rings. The molecule has 1 rings (SSSR count). The van der Waals surface area contributed by atoms with Crippen LogP contribution in [-0.2, 0) is 6.42 Å². The lowest BCUT2D eigenvalue weighted by Gasteiger charge is -2.15. The van der Waals surface area contributed by atoms with E-state index < -0.39 is 0 Å². The molecule has 0 fully saturated rings. The Bertz CT molecular complexity index is 293. The molecule has 0 saturated carbocycles. The van der Waals surface area contributed by atoms with E-state index in [1.165, 1.54) is 11.1 Å². The molecule has 0 radical (unpaired) electrons. The van der Waals surface area contributed by atoms with E-state index in [2.05, 4.69) is 45.0 Å². The maximum atomic E-state index is 9.90. The van der Waals surface area contributed by atoms with Crippen molar-refractivity contribution in [3.05, 3.63) is 35.4 Å². The third kappa shape index (κ3) is 4.48. The highest BCUT2D eigenvalue weighted by Gasteiger charge is 2.09. The van der Waals surface area contributed by atoms with Gasteiger partial charge in [0.15, 0.2) is 0 Å². The van der Waals surface area contributed by atoms with Crippen LogP contribution in [0.3, 0.4) is 0 Å². The number of rotatable bonds is 5. The van der Waals surface area contributed by atoms with E-state index in [-0.39, 0.29) is 6.10 Å². The third-order valence-corrected chi connectivity index (χ3v) is 2.93. The van der Waals surface area contributed by atoms with Crippen molar-refractivity contribution in [2.24, 2.45) is 5.92 Å². The maximum Gasteiger partial charge on any atom is 0.0583 e. The monoisotopic (exact) mass is 206 g/mol. The zero-order valence-corrected chi connectivity index (χ0v) is 10.0. The molecule has 0 aliphatic heterocycles. The lowest BCUT2D eigenvalue weighted by atomic mass is 9.96. The van der Waals surface area contributed by atoms with Gasteiger partial charge in [-0.1, -0.05) is 50.1 Å². The van der Waals surface area contributed by atoms with Crippen molar-refractivity contribution < 1.29 is 5.11 Å². The summed E-state index contributed by atoms with van der Waals surface area (Å²) in [4.78, 5) is 0. The average Bonchev–Trinajstić information content (AvgIpc) is 2.17. The number of aliphatic hydroxyl groups excluding tert-OH is 1. The van der Waals surface area contributed by atoms with E-state index >= 15 is 0 Å². The molecule has 0 heterocycles. The first-order chi connectivity index (χ1) is 7.11. The summed E-state index contributed by atoms with van der Waals surface area (Å²) in [5.74, 6) is 0.616. The third-order valence-electron chi connectivity index (χ3n) is 2.93. The smallest absolute Gasteiger partial charge is 0.0583 e. The summed E-state index contributed by atoms with van der Waals surface area (Å²) in [6.07, 6.45) is 2.64. The zero-order valence-electron chi connectivity index (χ0n) is 10.0. The molecule has 84 valence electrons. The van der Waals surface area contributed by atoms with Gasteiger partial charge in [0.2, 0.25) is 0 Å². The summed E-state index contributed by atoms with van der Waals surface area (Å²) in [5, 5.41) is 9.90. The molecule has 15 heavy (non-hydrogen) atoms. The van der Waals surface area contributed by atoms with Crippen LogP contribution in [0.15, 0.2) is 24.3 Å².